The maximum Gasteiger partial charge on any atom is 0.0351 e. The van der Waals surface area contributed by atoms with E-state index in [2.05, 4.69) is 23.6 Å². The predicted molar refractivity (Wildman–Crippen MR) is 45.0 cm³/mol. The van der Waals surface area contributed by atoms with Crippen LogP contribution < -0.4 is 10.6 Å². The van der Waals surface area contributed by atoms with Gasteiger partial charge in [-0.3, -0.25) is 0 Å². The third-order valence-electron chi connectivity index (χ3n) is 1.32. The van der Waals surface area contributed by atoms with E-state index in [0.29, 0.717) is 0 Å². The van der Waals surface area contributed by atoms with Crippen molar-refractivity contribution in [1.29, 1.82) is 0 Å². The molecule has 0 saturated carbocycles. The second-order valence-corrected chi connectivity index (χ2v) is 1.92. The first kappa shape index (κ1) is 8.98. The Morgan fingerprint density at radius 2 is 2.22 bits per heavy atom. The van der Waals surface area contributed by atoms with E-state index in [-0.39, 0.29) is 17.0 Å². The van der Waals surface area contributed by atoms with Crippen molar-refractivity contribution < 1.29 is 0 Å². The largest absolute Gasteiger partial charge is 0.386 e. The van der Waals surface area contributed by atoms with Gasteiger partial charge in [-0.1, -0.05) is 6.08 Å². The van der Waals surface area contributed by atoms with Crippen molar-refractivity contribution in [3.8, 4) is 0 Å². The fraction of sp³-hybridized carbons (Fsp3) is 0.667. The number of allylic oxidation sites excluding steroid dienone is 1. The molecular formula is C6H13BrN2. The van der Waals surface area contributed by atoms with Crippen LogP contribution in [0.3, 0.4) is 0 Å². The summed E-state index contributed by atoms with van der Waals surface area (Å²) in [6.07, 6.45) is 2.10. The fourth-order valence-electron chi connectivity index (χ4n) is 0.801. The maximum absolute atomic E-state index is 3.27. The molecule has 1 aliphatic heterocycles. The molecule has 1 rings (SSSR count). The van der Waals surface area contributed by atoms with E-state index in [4.69, 9.17) is 0 Å². The van der Waals surface area contributed by atoms with Gasteiger partial charge in [0, 0.05) is 25.3 Å². The summed E-state index contributed by atoms with van der Waals surface area (Å²) in [5, 5.41) is 6.52. The summed E-state index contributed by atoms with van der Waals surface area (Å²) in [7, 11) is 0. The Kier molecular flexibility index (Phi) is 4.81. The van der Waals surface area contributed by atoms with Crippen molar-refractivity contribution >= 4 is 17.0 Å². The van der Waals surface area contributed by atoms with Crippen LogP contribution in [0.2, 0.25) is 0 Å². The van der Waals surface area contributed by atoms with E-state index in [0.717, 1.165) is 19.6 Å². The zero-order valence-electron chi connectivity index (χ0n) is 5.61. The van der Waals surface area contributed by atoms with Gasteiger partial charge in [-0.15, -0.1) is 17.0 Å². The first-order valence-corrected chi connectivity index (χ1v) is 3.03. The van der Waals surface area contributed by atoms with E-state index in [9.17, 15) is 0 Å². The summed E-state index contributed by atoms with van der Waals surface area (Å²) >= 11 is 0. The zero-order valence-corrected chi connectivity index (χ0v) is 7.32. The molecular weight excluding hydrogens is 180 g/mol. The summed E-state index contributed by atoms with van der Waals surface area (Å²) in [6.45, 7) is 5.23. The minimum absolute atomic E-state index is 0. The summed E-state index contributed by atoms with van der Waals surface area (Å²) in [6, 6.07) is 0. The van der Waals surface area contributed by atoms with E-state index in [1.807, 2.05) is 0 Å². The van der Waals surface area contributed by atoms with E-state index in [1.54, 1.807) is 0 Å². The number of piperazine rings is 1. The molecule has 1 fully saturated rings. The second-order valence-electron chi connectivity index (χ2n) is 1.92. The number of halogens is 1. The molecule has 0 unspecified atom stereocenters. The third kappa shape index (κ3) is 2.87. The van der Waals surface area contributed by atoms with Gasteiger partial charge in [-0.2, -0.15) is 0 Å². The molecule has 0 amide bonds. The van der Waals surface area contributed by atoms with Crippen LogP contribution in [0.1, 0.15) is 6.92 Å². The molecule has 0 spiro atoms. The summed E-state index contributed by atoms with van der Waals surface area (Å²) in [4.78, 5) is 0. The average Bonchev–Trinajstić information content (AvgIpc) is 1.90. The molecule has 0 aliphatic carbocycles. The first-order chi connectivity index (χ1) is 3.93. The molecule has 9 heavy (non-hydrogen) atoms. The Morgan fingerprint density at radius 1 is 1.44 bits per heavy atom. The Balaban J connectivity index is 0.000000640. The highest BCUT2D eigenvalue weighted by Gasteiger charge is 1.98. The van der Waals surface area contributed by atoms with E-state index >= 15 is 0 Å². The Bertz CT molecular complexity index is 93.2. The lowest BCUT2D eigenvalue weighted by Gasteiger charge is -2.17. The standard InChI is InChI=1S/C6H12N2.BrH/c1-2-6-5-7-3-4-8-6;/h2,7-8H,3-5H2,1H3;1H. The van der Waals surface area contributed by atoms with E-state index < -0.39 is 0 Å². The zero-order chi connectivity index (χ0) is 5.82. The maximum atomic E-state index is 3.27. The minimum atomic E-state index is 0. The average molecular weight is 193 g/mol. The van der Waals surface area contributed by atoms with Crippen LogP contribution in [0.4, 0.5) is 0 Å². The first-order valence-electron chi connectivity index (χ1n) is 3.03. The Hall–Kier alpha value is -0.0200. The number of hydrogen-bond acceptors (Lipinski definition) is 2. The lowest BCUT2D eigenvalue weighted by atomic mass is 10.3. The molecule has 2 nitrogen and oxygen atoms in total. The van der Waals surface area contributed by atoms with Crippen LogP contribution >= 0.6 is 17.0 Å². The Labute approximate surface area is 66.5 Å². The van der Waals surface area contributed by atoms with Crippen LogP contribution in [0.25, 0.3) is 0 Å². The van der Waals surface area contributed by atoms with Crippen LogP contribution in [0.15, 0.2) is 11.8 Å². The van der Waals surface area contributed by atoms with Crippen molar-refractivity contribution in [2.45, 2.75) is 6.92 Å². The van der Waals surface area contributed by atoms with Crippen LogP contribution in [0, 0.1) is 0 Å². The highest BCUT2D eigenvalue weighted by Crippen LogP contribution is 1.88. The van der Waals surface area contributed by atoms with Crippen LogP contribution in [0.5, 0.6) is 0 Å². The topological polar surface area (TPSA) is 24.1 Å². The SMILES string of the molecule is Br.CC=C1CNCCN1. The molecule has 0 radical (unpaired) electrons. The predicted octanol–water partition coefficient (Wildman–Crippen LogP) is 0.661. The summed E-state index contributed by atoms with van der Waals surface area (Å²) in [5.74, 6) is 0. The molecule has 54 valence electrons. The monoisotopic (exact) mass is 192 g/mol. The molecule has 2 N–H and O–H groups in total. The number of rotatable bonds is 0. The van der Waals surface area contributed by atoms with Crippen molar-refractivity contribution in [3.63, 3.8) is 0 Å². The quantitative estimate of drug-likeness (QED) is 0.590. The lowest BCUT2D eigenvalue weighted by molar-refractivity contribution is 0.597. The van der Waals surface area contributed by atoms with Crippen molar-refractivity contribution in [2.75, 3.05) is 19.6 Å². The molecule has 0 aromatic rings. The van der Waals surface area contributed by atoms with Crippen molar-refractivity contribution in [3.05, 3.63) is 11.8 Å². The van der Waals surface area contributed by atoms with Gasteiger partial charge >= 0.3 is 0 Å². The molecule has 1 aliphatic rings. The Morgan fingerprint density at radius 3 is 2.56 bits per heavy atom. The summed E-state index contributed by atoms with van der Waals surface area (Å²) < 4.78 is 0. The van der Waals surface area contributed by atoms with Crippen LogP contribution in [-0.4, -0.2) is 19.6 Å². The highest BCUT2D eigenvalue weighted by atomic mass is 79.9. The number of nitrogens with one attached hydrogen (secondary N) is 2. The van der Waals surface area contributed by atoms with Crippen molar-refractivity contribution in [2.24, 2.45) is 0 Å². The third-order valence-corrected chi connectivity index (χ3v) is 1.32. The molecule has 0 aromatic heterocycles. The molecule has 0 bridgehead atoms. The molecule has 1 saturated heterocycles. The lowest BCUT2D eigenvalue weighted by Crippen LogP contribution is -2.37. The van der Waals surface area contributed by atoms with Crippen LogP contribution in [-0.2, 0) is 0 Å². The van der Waals surface area contributed by atoms with Gasteiger partial charge in [-0.05, 0) is 6.92 Å². The second kappa shape index (κ2) is 4.82. The molecule has 0 atom stereocenters. The molecule has 0 aromatic carbocycles. The number of hydrogen-bond donors (Lipinski definition) is 2. The highest BCUT2D eigenvalue weighted by molar-refractivity contribution is 8.93. The van der Waals surface area contributed by atoms with Gasteiger partial charge in [0.1, 0.15) is 0 Å². The minimum Gasteiger partial charge on any atom is -0.386 e. The van der Waals surface area contributed by atoms with Gasteiger partial charge in [0.15, 0.2) is 0 Å². The molecule has 3 heteroatoms. The molecule has 1 heterocycles. The fourth-order valence-corrected chi connectivity index (χ4v) is 0.801. The van der Waals surface area contributed by atoms with E-state index in [1.165, 1.54) is 5.70 Å². The van der Waals surface area contributed by atoms with Gasteiger partial charge in [0.25, 0.3) is 0 Å². The normalized spacial score (nSPS) is 22.6. The van der Waals surface area contributed by atoms with Gasteiger partial charge in [-0.25, -0.2) is 0 Å². The van der Waals surface area contributed by atoms with Gasteiger partial charge in [0.2, 0.25) is 0 Å². The summed E-state index contributed by atoms with van der Waals surface area (Å²) in [5.41, 5.74) is 1.32. The van der Waals surface area contributed by atoms with Gasteiger partial charge in [0.05, 0.1) is 0 Å². The van der Waals surface area contributed by atoms with Crippen molar-refractivity contribution in [1.82, 2.24) is 10.6 Å². The van der Waals surface area contributed by atoms with Gasteiger partial charge < -0.3 is 10.6 Å². The smallest absolute Gasteiger partial charge is 0.0351 e.